The van der Waals surface area contributed by atoms with E-state index >= 15 is 0 Å². The quantitative estimate of drug-likeness (QED) is 0.634. The molecule has 2 saturated heterocycles. The van der Waals surface area contributed by atoms with Crippen molar-refractivity contribution < 1.29 is 19.1 Å². The third kappa shape index (κ3) is 2.52. The van der Waals surface area contributed by atoms with Gasteiger partial charge in [0, 0.05) is 18.7 Å². The fourth-order valence-electron chi connectivity index (χ4n) is 3.16. The van der Waals surface area contributed by atoms with Crippen molar-refractivity contribution in [1.82, 2.24) is 10.0 Å². The largest absolute Gasteiger partial charge is 0.507 e. The third-order valence-electron chi connectivity index (χ3n) is 4.20. The first-order valence-electron chi connectivity index (χ1n) is 7.62. The minimum absolute atomic E-state index is 0.255. The van der Waals surface area contributed by atoms with Gasteiger partial charge in [-0.25, -0.2) is 4.39 Å². The number of phenols is 1. The number of carbonyl (C=O) groups is 2. The van der Waals surface area contributed by atoms with E-state index in [1.54, 1.807) is 6.92 Å². The predicted octanol–water partition coefficient (Wildman–Crippen LogP) is 1.76. The summed E-state index contributed by atoms with van der Waals surface area (Å²) in [6.07, 6.45) is 2.56. The van der Waals surface area contributed by atoms with Crippen LogP contribution >= 0.6 is 0 Å². The maximum atomic E-state index is 14.4. The average Bonchev–Trinajstić information content (AvgIpc) is 2.70. The number of amides is 2. The van der Waals surface area contributed by atoms with Gasteiger partial charge in [0.1, 0.15) is 11.6 Å². The monoisotopic (exact) mass is 316 g/mol. The molecule has 23 heavy (non-hydrogen) atoms. The topological polar surface area (TPSA) is 60.9 Å². The molecule has 6 heteroatoms. The molecule has 2 fully saturated rings. The van der Waals surface area contributed by atoms with Crippen LogP contribution in [0.5, 0.6) is 5.75 Å². The smallest absolute Gasteiger partial charge is 0.258 e. The molecule has 3 rings (SSSR count). The molecule has 0 aromatic heterocycles. The Balaban J connectivity index is 2.03. The molecule has 2 aliphatic rings. The van der Waals surface area contributed by atoms with Crippen LogP contribution in [0.25, 0.3) is 0 Å². The summed E-state index contributed by atoms with van der Waals surface area (Å²) in [6.45, 7) is 2.49. The minimum Gasteiger partial charge on any atom is -0.507 e. The number of aromatic hydroxyl groups is 1. The molecule has 0 saturated carbocycles. The first-order valence-corrected chi connectivity index (χ1v) is 7.62. The highest BCUT2D eigenvalue weighted by atomic mass is 19.1. The van der Waals surface area contributed by atoms with Gasteiger partial charge in [-0.2, -0.15) is 0 Å². The highest BCUT2D eigenvalue weighted by Crippen LogP contribution is 2.37. The molecular formula is C17H17FN2O3. The lowest BCUT2D eigenvalue weighted by Gasteiger charge is -2.24. The molecule has 1 aromatic carbocycles. The molecule has 0 unspecified atom stereocenters. The van der Waals surface area contributed by atoms with E-state index in [-0.39, 0.29) is 5.56 Å². The third-order valence-corrected chi connectivity index (χ3v) is 4.20. The zero-order valence-electron chi connectivity index (χ0n) is 12.8. The normalized spacial score (nSPS) is 18.5. The van der Waals surface area contributed by atoms with Gasteiger partial charge in [0.2, 0.25) is 0 Å². The van der Waals surface area contributed by atoms with Gasteiger partial charge in [0.05, 0.1) is 5.56 Å². The Bertz CT molecular complexity index is 688. The summed E-state index contributed by atoms with van der Waals surface area (Å²) in [6, 6.07) is 2.43. The van der Waals surface area contributed by atoms with Gasteiger partial charge < -0.3 is 5.11 Å². The number of hydrazine groups is 1. The maximum Gasteiger partial charge on any atom is 0.258 e. The van der Waals surface area contributed by atoms with E-state index in [1.165, 1.54) is 16.1 Å². The van der Waals surface area contributed by atoms with Crippen molar-refractivity contribution >= 4 is 11.8 Å². The van der Waals surface area contributed by atoms with Crippen LogP contribution in [0.1, 0.15) is 43.2 Å². The summed E-state index contributed by atoms with van der Waals surface area (Å²) in [5.41, 5.74) is 0.0497. The molecule has 0 radical (unpaired) electrons. The summed E-state index contributed by atoms with van der Waals surface area (Å²) in [7, 11) is 0. The van der Waals surface area contributed by atoms with Crippen molar-refractivity contribution in [3.8, 4) is 17.6 Å². The van der Waals surface area contributed by atoms with Crippen LogP contribution in [-0.2, 0) is 9.59 Å². The van der Waals surface area contributed by atoms with E-state index in [0.29, 0.717) is 18.7 Å². The van der Waals surface area contributed by atoms with Gasteiger partial charge in [-0.15, -0.1) is 5.92 Å². The summed E-state index contributed by atoms with van der Waals surface area (Å²) < 4.78 is 14.4. The van der Waals surface area contributed by atoms with Crippen LogP contribution < -0.4 is 0 Å². The number of carbonyl (C=O) groups excluding carboxylic acids is 2. The fourth-order valence-corrected chi connectivity index (χ4v) is 3.16. The highest BCUT2D eigenvalue weighted by Gasteiger charge is 2.48. The molecule has 5 nitrogen and oxygen atoms in total. The molecule has 1 aromatic rings. The van der Waals surface area contributed by atoms with Crippen molar-refractivity contribution in [1.29, 1.82) is 0 Å². The molecule has 0 spiro atoms. The predicted molar refractivity (Wildman–Crippen MR) is 80.6 cm³/mol. The Morgan fingerprint density at radius 1 is 1.13 bits per heavy atom. The highest BCUT2D eigenvalue weighted by molar-refractivity contribution is 6.10. The number of nitrogens with zero attached hydrogens (tertiary/aromatic N) is 2. The molecule has 120 valence electrons. The molecule has 0 bridgehead atoms. The number of benzene rings is 1. The first-order chi connectivity index (χ1) is 11.0. The van der Waals surface area contributed by atoms with Gasteiger partial charge in [0.15, 0.2) is 5.92 Å². The van der Waals surface area contributed by atoms with Gasteiger partial charge in [-0.1, -0.05) is 5.92 Å². The summed E-state index contributed by atoms with van der Waals surface area (Å²) >= 11 is 0. The van der Waals surface area contributed by atoms with Crippen molar-refractivity contribution in [2.75, 3.05) is 13.1 Å². The van der Waals surface area contributed by atoms with Crippen LogP contribution in [0.15, 0.2) is 12.1 Å². The Morgan fingerprint density at radius 3 is 2.26 bits per heavy atom. The van der Waals surface area contributed by atoms with Gasteiger partial charge >= 0.3 is 0 Å². The Kier molecular flexibility index (Phi) is 3.95. The molecule has 0 atom stereocenters. The summed E-state index contributed by atoms with van der Waals surface area (Å²) in [4.78, 5) is 25.2. The van der Waals surface area contributed by atoms with Gasteiger partial charge in [0.25, 0.3) is 11.8 Å². The molecule has 0 aliphatic carbocycles. The first kappa shape index (κ1) is 15.3. The van der Waals surface area contributed by atoms with Gasteiger partial charge in [-0.05, 0) is 38.3 Å². The number of phenolic OH excluding ortho intramolecular Hbond substituents is 1. The number of fused-ring (bicyclic) bond motifs is 1. The van der Waals surface area contributed by atoms with Crippen LogP contribution in [0.2, 0.25) is 0 Å². The number of halogens is 1. The van der Waals surface area contributed by atoms with Crippen LogP contribution in [0.3, 0.4) is 0 Å². The van der Waals surface area contributed by atoms with Crippen molar-refractivity contribution in [3.63, 3.8) is 0 Å². The van der Waals surface area contributed by atoms with E-state index in [0.717, 1.165) is 25.3 Å². The van der Waals surface area contributed by atoms with Crippen LogP contribution in [-0.4, -0.2) is 40.0 Å². The van der Waals surface area contributed by atoms with E-state index in [9.17, 15) is 19.1 Å². The van der Waals surface area contributed by atoms with E-state index in [4.69, 9.17) is 0 Å². The van der Waals surface area contributed by atoms with Crippen molar-refractivity contribution in [2.45, 2.75) is 32.1 Å². The molecule has 2 aliphatic heterocycles. The lowest BCUT2D eigenvalue weighted by atomic mass is 9.95. The summed E-state index contributed by atoms with van der Waals surface area (Å²) in [5, 5.41) is 12.9. The summed E-state index contributed by atoms with van der Waals surface area (Å²) in [5.74, 6) is 1.82. The second kappa shape index (κ2) is 5.92. The molecular weight excluding hydrogens is 299 g/mol. The van der Waals surface area contributed by atoms with Crippen molar-refractivity contribution in [2.24, 2.45) is 0 Å². The number of hydrogen-bond acceptors (Lipinski definition) is 3. The fraction of sp³-hybridized carbons (Fsp3) is 0.412. The standard InChI is InChI=1S/C17H17FN2O3/c1-2-6-11-9-12(18)14(13(21)10-11)15-16(22)19-7-4-3-5-8-20(19)17(15)23/h9-10,15,21H,3-5,7-8H2,1H3. The number of rotatable bonds is 1. The zero-order valence-corrected chi connectivity index (χ0v) is 12.8. The van der Waals surface area contributed by atoms with Crippen LogP contribution in [0, 0.1) is 17.7 Å². The Hall–Kier alpha value is -2.55. The average molecular weight is 316 g/mol. The lowest BCUT2D eigenvalue weighted by Crippen LogP contribution is -2.40. The van der Waals surface area contributed by atoms with E-state index in [2.05, 4.69) is 11.8 Å². The van der Waals surface area contributed by atoms with Crippen LogP contribution in [0.4, 0.5) is 4.39 Å². The zero-order chi connectivity index (χ0) is 16.6. The van der Waals surface area contributed by atoms with E-state index < -0.39 is 29.3 Å². The van der Waals surface area contributed by atoms with Crippen molar-refractivity contribution in [3.05, 3.63) is 29.1 Å². The minimum atomic E-state index is -1.31. The second-order valence-electron chi connectivity index (χ2n) is 5.68. The SMILES string of the molecule is CC#Cc1cc(O)c(C2C(=O)N3CCCCCN3C2=O)c(F)c1. The number of hydrogen-bond donors (Lipinski definition) is 1. The molecule has 1 N–H and O–H groups in total. The maximum absolute atomic E-state index is 14.4. The molecule has 2 heterocycles. The van der Waals surface area contributed by atoms with Gasteiger partial charge in [-0.3, -0.25) is 19.6 Å². The van der Waals surface area contributed by atoms with E-state index in [1.807, 2.05) is 0 Å². The second-order valence-corrected chi connectivity index (χ2v) is 5.68. The molecule has 2 amide bonds. The Labute approximate surface area is 133 Å². The Morgan fingerprint density at radius 2 is 1.74 bits per heavy atom. The lowest BCUT2D eigenvalue weighted by molar-refractivity contribution is -0.145.